The average Bonchev–Trinajstić information content (AvgIpc) is 2.34. The van der Waals surface area contributed by atoms with Crippen molar-refractivity contribution in [2.45, 2.75) is 32.1 Å². The normalized spacial score (nSPS) is 10.5. The first-order chi connectivity index (χ1) is 8.68. The lowest BCUT2D eigenvalue weighted by Crippen LogP contribution is -2.00. The molecule has 0 unspecified atom stereocenters. The van der Waals surface area contributed by atoms with Crippen molar-refractivity contribution in [1.82, 2.24) is 0 Å². The zero-order valence-corrected chi connectivity index (χ0v) is 12.0. The van der Waals surface area contributed by atoms with Gasteiger partial charge in [-0.15, -0.1) is 0 Å². The summed E-state index contributed by atoms with van der Waals surface area (Å²) in [4.78, 5) is 10.3. The molecule has 0 fully saturated rings. The molecule has 18 heavy (non-hydrogen) atoms. The van der Waals surface area contributed by atoms with E-state index >= 15 is 0 Å². The Morgan fingerprint density at radius 3 is 2.44 bits per heavy atom. The van der Waals surface area contributed by atoms with E-state index in [2.05, 4.69) is 28.1 Å². The van der Waals surface area contributed by atoms with E-state index in [9.17, 15) is 4.79 Å². The predicted molar refractivity (Wildman–Crippen MR) is 74.8 cm³/mol. The molecule has 1 rings (SSSR count). The topological polar surface area (TPSA) is 46.5 Å². The summed E-state index contributed by atoms with van der Waals surface area (Å²) in [5.74, 6) is -0.731. The monoisotopic (exact) mass is 314 g/mol. The van der Waals surface area contributed by atoms with Crippen LogP contribution in [0.4, 0.5) is 0 Å². The summed E-state index contributed by atoms with van der Waals surface area (Å²) in [5.41, 5.74) is 1.31. The quantitative estimate of drug-likeness (QED) is 0.708. The molecule has 0 aromatic heterocycles. The predicted octanol–water partition coefficient (Wildman–Crippen LogP) is 3.65. The molecule has 0 aliphatic heterocycles. The molecule has 0 saturated carbocycles. The molecule has 0 aliphatic rings. The molecule has 3 nitrogen and oxygen atoms in total. The Bertz CT molecular complexity index is 349. The number of aliphatic carboxylic acids is 1. The highest BCUT2D eigenvalue weighted by Crippen LogP contribution is 2.11. The summed E-state index contributed by atoms with van der Waals surface area (Å²) >= 11 is 3.41. The van der Waals surface area contributed by atoms with E-state index < -0.39 is 5.97 Å². The van der Waals surface area contributed by atoms with Gasteiger partial charge in [0.15, 0.2) is 0 Å². The van der Waals surface area contributed by atoms with Crippen LogP contribution in [0, 0.1) is 0 Å². The third-order valence-corrected chi connectivity index (χ3v) is 3.13. The van der Waals surface area contributed by atoms with Crippen LogP contribution in [0.2, 0.25) is 0 Å². The van der Waals surface area contributed by atoms with E-state index in [1.54, 1.807) is 0 Å². The summed E-state index contributed by atoms with van der Waals surface area (Å²) in [6.45, 7) is 1.40. The molecule has 0 heterocycles. The summed E-state index contributed by atoms with van der Waals surface area (Å²) in [6.07, 6.45) is 3.78. The summed E-state index contributed by atoms with van der Waals surface area (Å²) in [5, 5.41) is 8.46. The first kappa shape index (κ1) is 15.2. The molecule has 1 aromatic carbocycles. The molecular weight excluding hydrogens is 296 g/mol. The average molecular weight is 315 g/mol. The van der Waals surface area contributed by atoms with Gasteiger partial charge < -0.3 is 9.84 Å². The molecule has 0 atom stereocenters. The van der Waals surface area contributed by atoms with E-state index in [0.29, 0.717) is 13.0 Å². The summed E-state index contributed by atoms with van der Waals surface area (Å²) in [7, 11) is 0. The number of ether oxygens (including phenoxy) is 1. The van der Waals surface area contributed by atoms with Gasteiger partial charge in [-0.05, 0) is 43.4 Å². The van der Waals surface area contributed by atoms with Crippen molar-refractivity contribution in [1.29, 1.82) is 0 Å². The Balaban J connectivity index is 1.95. The van der Waals surface area contributed by atoms with Gasteiger partial charge in [-0.25, -0.2) is 0 Å². The highest BCUT2D eigenvalue weighted by Gasteiger charge is 1.97. The molecule has 100 valence electrons. The maximum Gasteiger partial charge on any atom is 0.303 e. The van der Waals surface area contributed by atoms with Crippen LogP contribution in [-0.2, 0) is 16.0 Å². The van der Waals surface area contributed by atoms with E-state index in [1.165, 1.54) is 5.56 Å². The lowest BCUT2D eigenvalue weighted by Gasteiger charge is -2.04. The maximum atomic E-state index is 10.3. The fraction of sp³-hybridized carbons (Fsp3) is 0.500. The van der Waals surface area contributed by atoms with Gasteiger partial charge >= 0.3 is 5.97 Å². The number of hydrogen-bond acceptors (Lipinski definition) is 2. The third-order valence-electron chi connectivity index (χ3n) is 2.60. The molecule has 1 N–H and O–H groups in total. The number of benzene rings is 1. The number of carbonyl (C=O) groups is 1. The zero-order chi connectivity index (χ0) is 13.2. The second-order valence-corrected chi connectivity index (χ2v) is 5.11. The molecule has 0 bridgehead atoms. The lowest BCUT2D eigenvalue weighted by atomic mass is 10.1. The molecule has 0 radical (unpaired) electrons. The number of aryl methyl sites for hydroxylation is 1. The van der Waals surface area contributed by atoms with E-state index in [1.807, 2.05) is 12.1 Å². The van der Waals surface area contributed by atoms with E-state index in [4.69, 9.17) is 9.84 Å². The van der Waals surface area contributed by atoms with Crippen LogP contribution in [-0.4, -0.2) is 24.3 Å². The smallest absolute Gasteiger partial charge is 0.303 e. The first-order valence-electron chi connectivity index (χ1n) is 6.22. The van der Waals surface area contributed by atoms with Crippen molar-refractivity contribution in [3.63, 3.8) is 0 Å². The first-order valence-corrected chi connectivity index (χ1v) is 7.02. The van der Waals surface area contributed by atoms with Gasteiger partial charge in [0.1, 0.15) is 0 Å². The van der Waals surface area contributed by atoms with Crippen molar-refractivity contribution in [3.05, 3.63) is 34.3 Å². The summed E-state index contributed by atoms with van der Waals surface area (Å²) < 4.78 is 6.56. The minimum atomic E-state index is -0.731. The van der Waals surface area contributed by atoms with Crippen molar-refractivity contribution in [3.8, 4) is 0 Å². The number of unbranched alkanes of at least 4 members (excludes halogenated alkanes) is 1. The molecule has 0 saturated heterocycles. The number of carboxylic acids is 1. The standard InChI is InChI=1S/C14H19BrO3/c15-13-8-6-12(7-9-13)4-3-11-18-10-2-1-5-14(16)17/h6-9H,1-5,10-11H2,(H,16,17). The fourth-order valence-corrected chi connectivity index (χ4v) is 1.88. The maximum absolute atomic E-state index is 10.3. The van der Waals surface area contributed by atoms with E-state index in [-0.39, 0.29) is 6.42 Å². The largest absolute Gasteiger partial charge is 0.481 e. The molecule has 1 aromatic rings. The Labute approximate surface area is 116 Å². The van der Waals surface area contributed by atoms with Crippen LogP contribution in [0.3, 0.4) is 0 Å². The van der Waals surface area contributed by atoms with E-state index in [0.717, 1.165) is 30.3 Å². The van der Waals surface area contributed by atoms with Crippen LogP contribution in [0.1, 0.15) is 31.2 Å². The molecular formula is C14H19BrO3. The third kappa shape index (κ3) is 7.45. The SMILES string of the molecule is O=C(O)CCCCOCCCc1ccc(Br)cc1. The van der Waals surface area contributed by atoms with Crippen LogP contribution >= 0.6 is 15.9 Å². The van der Waals surface area contributed by atoms with Crippen LogP contribution in [0.15, 0.2) is 28.7 Å². The Morgan fingerprint density at radius 1 is 1.11 bits per heavy atom. The van der Waals surface area contributed by atoms with Gasteiger partial charge in [0, 0.05) is 24.1 Å². The number of hydrogen-bond donors (Lipinski definition) is 1. The van der Waals surface area contributed by atoms with Crippen molar-refractivity contribution < 1.29 is 14.6 Å². The van der Waals surface area contributed by atoms with Crippen molar-refractivity contribution in [2.24, 2.45) is 0 Å². The highest BCUT2D eigenvalue weighted by molar-refractivity contribution is 9.10. The van der Waals surface area contributed by atoms with Gasteiger partial charge in [0.25, 0.3) is 0 Å². The number of rotatable bonds is 9. The molecule has 0 amide bonds. The van der Waals surface area contributed by atoms with Gasteiger partial charge in [-0.2, -0.15) is 0 Å². The Kier molecular flexibility index (Phi) is 7.69. The Hall–Kier alpha value is -0.870. The van der Waals surface area contributed by atoms with Gasteiger partial charge in [-0.3, -0.25) is 4.79 Å². The van der Waals surface area contributed by atoms with Crippen LogP contribution < -0.4 is 0 Å². The van der Waals surface area contributed by atoms with Crippen molar-refractivity contribution >= 4 is 21.9 Å². The van der Waals surface area contributed by atoms with Gasteiger partial charge in [-0.1, -0.05) is 28.1 Å². The molecule has 0 spiro atoms. The minimum absolute atomic E-state index is 0.238. The fourth-order valence-electron chi connectivity index (χ4n) is 1.61. The van der Waals surface area contributed by atoms with Crippen LogP contribution in [0.25, 0.3) is 0 Å². The minimum Gasteiger partial charge on any atom is -0.481 e. The van der Waals surface area contributed by atoms with Crippen LogP contribution in [0.5, 0.6) is 0 Å². The second-order valence-electron chi connectivity index (χ2n) is 4.19. The molecule has 0 aliphatic carbocycles. The highest BCUT2D eigenvalue weighted by atomic mass is 79.9. The number of halogens is 1. The van der Waals surface area contributed by atoms with Crippen molar-refractivity contribution in [2.75, 3.05) is 13.2 Å². The molecule has 4 heteroatoms. The summed E-state index contributed by atoms with van der Waals surface area (Å²) in [6, 6.07) is 8.30. The van der Waals surface area contributed by atoms with Gasteiger partial charge in [0.2, 0.25) is 0 Å². The number of carboxylic acid groups (broad SMARTS) is 1. The van der Waals surface area contributed by atoms with Gasteiger partial charge in [0.05, 0.1) is 0 Å². The lowest BCUT2D eigenvalue weighted by molar-refractivity contribution is -0.137. The Morgan fingerprint density at radius 2 is 1.78 bits per heavy atom. The second kappa shape index (κ2) is 9.11. The zero-order valence-electron chi connectivity index (χ0n) is 10.4.